The van der Waals surface area contributed by atoms with Crippen LogP contribution in [0, 0.1) is 20.8 Å². The summed E-state index contributed by atoms with van der Waals surface area (Å²) < 4.78 is 12.5. The number of aromatic nitrogens is 5. The van der Waals surface area contributed by atoms with Crippen molar-refractivity contribution in [3.8, 4) is 28.7 Å². The normalized spacial score (nSPS) is 11.5. The van der Waals surface area contributed by atoms with Crippen LogP contribution < -0.4 is 15.0 Å². The first-order valence-electron chi connectivity index (χ1n) is 11.9. The van der Waals surface area contributed by atoms with Crippen molar-refractivity contribution in [3.63, 3.8) is 0 Å². The zero-order chi connectivity index (χ0) is 26.9. The van der Waals surface area contributed by atoms with Gasteiger partial charge in [0.2, 0.25) is 11.8 Å². The summed E-state index contributed by atoms with van der Waals surface area (Å²) in [5.41, 5.74) is 3.62. The molecule has 0 aliphatic heterocycles. The highest BCUT2D eigenvalue weighted by Gasteiger charge is 2.21. The molecule has 1 aromatic carbocycles. The van der Waals surface area contributed by atoms with E-state index >= 15 is 0 Å². The van der Waals surface area contributed by atoms with E-state index in [9.17, 15) is 4.79 Å². The third-order valence-corrected chi connectivity index (χ3v) is 6.20. The van der Waals surface area contributed by atoms with Gasteiger partial charge in [-0.05, 0) is 44.5 Å². The van der Waals surface area contributed by atoms with E-state index in [0.717, 1.165) is 22.6 Å². The van der Waals surface area contributed by atoms with Gasteiger partial charge < -0.3 is 9.47 Å². The van der Waals surface area contributed by atoms with Crippen LogP contribution in [0.5, 0.6) is 11.8 Å². The molecule has 3 aromatic heterocycles. The number of hydrogen-bond donors (Lipinski definition) is 0. The maximum Gasteiger partial charge on any atom is 0.264 e. The Kier molecular flexibility index (Phi) is 7.32. The molecule has 0 aliphatic rings. The molecule has 0 N–H and O–H groups in total. The Hall–Kier alpha value is -3.78. The number of benzene rings is 1. The maximum absolute atomic E-state index is 13.5. The molecule has 0 saturated carbocycles. The van der Waals surface area contributed by atoms with E-state index in [2.05, 4.69) is 35.7 Å². The van der Waals surface area contributed by atoms with Crippen molar-refractivity contribution in [1.29, 1.82) is 0 Å². The van der Waals surface area contributed by atoms with Gasteiger partial charge in [-0.2, -0.15) is 4.98 Å². The molecule has 4 rings (SSSR count). The second kappa shape index (κ2) is 10.3. The van der Waals surface area contributed by atoms with Crippen LogP contribution in [0.4, 0.5) is 0 Å². The fourth-order valence-electron chi connectivity index (χ4n) is 3.83. The van der Waals surface area contributed by atoms with Gasteiger partial charge in [0.05, 0.1) is 34.8 Å². The van der Waals surface area contributed by atoms with Crippen molar-refractivity contribution in [2.24, 2.45) is 0 Å². The van der Waals surface area contributed by atoms with Crippen LogP contribution in [0.1, 0.15) is 49.2 Å². The summed E-state index contributed by atoms with van der Waals surface area (Å²) in [5, 5.41) is 0.423. The molecule has 0 aliphatic carbocycles. The van der Waals surface area contributed by atoms with Gasteiger partial charge in [0.1, 0.15) is 18.3 Å². The minimum atomic E-state index is -0.269. The van der Waals surface area contributed by atoms with E-state index in [-0.39, 0.29) is 23.5 Å². The van der Waals surface area contributed by atoms with Gasteiger partial charge in [-0.3, -0.25) is 9.36 Å². The van der Waals surface area contributed by atoms with Crippen molar-refractivity contribution in [1.82, 2.24) is 24.5 Å². The van der Waals surface area contributed by atoms with Gasteiger partial charge in [0.25, 0.3) is 5.56 Å². The van der Waals surface area contributed by atoms with Crippen LogP contribution in [0.2, 0.25) is 5.02 Å². The highest BCUT2D eigenvalue weighted by Crippen LogP contribution is 2.30. The number of ether oxygens (including phenoxy) is 2. The second-order valence-corrected chi connectivity index (χ2v) is 10.2. The lowest BCUT2D eigenvalue weighted by Crippen LogP contribution is -2.25. The summed E-state index contributed by atoms with van der Waals surface area (Å²) in [6, 6.07) is 10.9. The van der Waals surface area contributed by atoms with E-state index in [1.165, 1.54) is 4.57 Å². The van der Waals surface area contributed by atoms with Gasteiger partial charge >= 0.3 is 0 Å². The van der Waals surface area contributed by atoms with E-state index in [1.807, 2.05) is 37.4 Å². The number of pyridine rings is 1. The monoisotopic (exact) mass is 519 g/mol. The third-order valence-electron chi connectivity index (χ3n) is 5.88. The first kappa shape index (κ1) is 26.3. The molecule has 8 nitrogen and oxygen atoms in total. The molecule has 0 radical (unpaired) electrons. The molecular weight excluding hydrogens is 490 g/mol. The maximum atomic E-state index is 13.5. The van der Waals surface area contributed by atoms with Gasteiger partial charge in [-0.1, -0.05) is 44.5 Å². The molecule has 3 heterocycles. The van der Waals surface area contributed by atoms with Crippen LogP contribution >= 0.6 is 11.6 Å². The molecule has 0 spiro atoms. The van der Waals surface area contributed by atoms with E-state index in [1.54, 1.807) is 33.1 Å². The van der Waals surface area contributed by atoms with Crippen LogP contribution in [-0.4, -0.2) is 31.6 Å². The van der Waals surface area contributed by atoms with Crippen LogP contribution in [0.15, 0.2) is 47.4 Å². The fraction of sp³-hybridized carbons (Fsp3) is 0.321. The van der Waals surface area contributed by atoms with Crippen molar-refractivity contribution in [3.05, 3.63) is 86.4 Å². The number of hydrogen-bond acceptors (Lipinski definition) is 7. The molecule has 37 heavy (non-hydrogen) atoms. The SMILES string of the molecule is COc1cccc(COc2nc(C)n(-c3cc(-c4nc(C(C)(C)C)ncc4C)ccc3Cl)c(=O)c2C)n1. The number of nitrogens with zero attached hydrogens (tertiary/aromatic N) is 5. The predicted molar refractivity (Wildman–Crippen MR) is 144 cm³/mol. The van der Waals surface area contributed by atoms with Crippen molar-refractivity contribution >= 4 is 11.6 Å². The summed E-state index contributed by atoms with van der Waals surface area (Å²) in [7, 11) is 1.55. The summed E-state index contributed by atoms with van der Waals surface area (Å²) in [5.74, 6) is 1.91. The molecule has 4 aromatic rings. The molecule has 0 bridgehead atoms. The van der Waals surface area contributed by atoms with Crippen molar-refractivity contribution in [2.75, 3.05) is 7.11 Å². The average molecular weight is 520 g/mol. The van der Waals surface area contributed by atoms with Crippen LogP contribution in [0.25, 0.3) is 16.9 Å². The van der Waals surface area contributed by atoms with E-state index in [0.29, 0.717) is 33.7 Å². The first-order chi connectivity index (χ1) is 17.5. The van der Waals surface area contributed by atoms with Gasteiger partial charge in [0, 0.05) is 23.2 Å². The Bertz CT molecular complexity index is 1530. The molecule has 0 unspecified atom stereocenters. The molecule has 0 saturated heterocycles. The molecule has 9 heteroatoms. The molecule has 0 amide bonds. The van der Waals surface area contributed by atoms with Crippen LogP contribution in [-0.2, 0) is 12.0 Å². The molecule has 0 fully saturated rings. The number of aryl methyl sites for hydroxylation is 2. The molecule has 0 atom stereocenters. The molecular formula is C28H30ClN5O3. The topological polar surface area (TPSA) is 92.0 Å². The Morgan fingerprint density at radius 2 is 1.78 bits per heavy atom. The van der Waals surface area contributed by atoms with Gasteiger partial charge in [-0.15, -0.1) is 0 Å². The van der Waals surface area contributed by atoms with Crippen molar-refractivity contribution < 1.29 is 9.47 Å². The zero-order valence-electron chi connectivity index (χ0n) is 22.1. The highest BCUT2D eigenvalue weighted by atomic mass is 35.5. The fourth-order valence-corrected chi connectivity index (χ4v) is 4.03. The lowest BCUT2D eigenvalue weighted by atomic mass is 9.95. The van der Waals surface area contributed by atoms with Crippen LogP contribution in [0.3, 0.4) is 0 Å². The van der Waals surface area contributed by atoms with Crippen molar-refractivity contribution in [2.45, 2.75) is 53.6 Å². The second-order valence-electron chi connectivity index (χ2n) is 9.83. The highest BCUT2D eigenvalue weighted by molar-refractivity contribution is 6.32. The Morgan fingerprint density at radius 3 is 2.49 bits per heavy atom. The first-order valence-corrected chi connectivity index (χ1v) is 12.2. The summed E-state index contributed by atoms with van der Waals surface area (Å²) in [6.07, 6.45) is 1.82. The Balaban J connectivity index is 1.73. The quantitative estimate of drug-likeness (QED) is 0.330. The number of rotatable bonds is 6. The largest absolute Gasteiger partial charge is 0.481 e. The third kappa shape index (κ3) is 5.49. The average Bonchev–Trinajstić information content (AvgIpc) is 2.86. The number of methoxy groups -OCH3 is 1. The standard InChI is InChI=1S/C28H30ClN5O3/c1-16-14-30-27(28(4,5)6)33-24(16)19-11-12-21(29)22(13-19)34-18(3)31-25(17(2)26(34)35)37-15-20-9-8-10-23(32-20)36-7/h8-14H,15H2,1-7H3. The lowest BCUT2D eigenvalue weighted by Gasteiger charge is -2.19. The zero-order valence-corrected chi connectivity index (χ0v) is 22.8. The minimum absolute atomic E-state index is 0.146. The van der Waals surface area contributed by atoms with E-state index in [4.69, 9.17) is 26.1 Å². The van der Waals surface area contributed by atoms with Gasteiger partial charge in [0.15, 0.2) is 0 Å². The molecule has 192 valence electrons. The smallest absolute Gasteiger partial charge is 0.264 e. The summed E-state index contributed by atoms with van der Waals surface area (Å²) in [4.78, 5) is 31.7. The minimum Gasteiger partial charge on any atom is -0.481 e. The predicted octanol–water partition coefficient (Wildman–Crippen LogP) is 5.55. The van der Waals surface area contributed by atoms with E-state index < -0.39 is 0 Å². The summed E-state index contributed by atoms with van der Waals surface area (Å²) in [6.45, 7) is 11.7. The number of halogens is 1. The van der Waals surface area contributed by atoms with Gasteiger partial charge in [-0.25, -0.2) is 15.0 Å². The Labute approximate surface area is 221 Å². The lowest BCUT2D eigenvalue weighted by molar-refractivity contribution is 0.282. The summed E-state index contributed by atoms with van der Waals surface area (Å²) >= 11 is 6.60. The Morgan fingerprint density at radius 1 is 1.03 bits per heavy atom.